The van der Waals surface area contributed by atoms with Crippen molar-refractivity contribution < 1.29 is 0 Å². The van der Waals surface area contributed by atoms with E-state index in [9.17, 15) is 0 Å². The van der Waals surface area contributed by atoms with Gasteiger partial charge in [-0.3, -0.25) is 0 Å². The zero-order chi connectivity index (χ0) is 12.6. The molecule has 0 aliphatic rings. The van der Waals surface area contributed by atoms with E-state index in [1.54, 1.807) is 0 Å². The van der Waals surface area contributed by atoms with Gasteiger partial charge < -0.3 is 0 Å². The molecule has 1 rings (SSSR count). The number of benzene rings is 1. The summed E-state index contributed by atoms with van der Waals surface area (Å²) in [5.74, 6) is 12.0. The second kappa shape index (κ2) is 7.61. The largest absolute Gasteiger partial charge is 0.101 e. The van der Waals surface area contributed by atoms with Crippen LogP contribution in [0.2, 0.25) is 0 Å². The molecule has 0 atom stereocenters. The highest BCUT2D eigenvalue weighted by Gasteiger charge is 2.00. The first-order valence-corrected chi connectivity index (χ1v) is 5.65. The van der Waals surface area contributed by atoms with Crippen LogP contribution in [0.15, 0.2) is 12.1 Å². The lowest BCUT2D eigenvalue weighted by molar-refractivity contribution is 1.35. The maximum Gasteiger partial charge on any atom is 0.0277 e. The van der Waals surface area contributed by atoms with Crippen LogP contribution >= 0.6 is 0 Å². The molecule has 84 valence electrons. The lowest BCUT2D eigenvalue weighted by Gasteiger charge is -2.03. The third-order valence-corrected chi connectivity index (χ3v) is 2.09. The Bertz CT molecular complexity index is 411. The van der Waals surface area contributed by atoms with Gasteiger partial charge in [-0.15, -0.1) is 11.8 Å². The van der Waals surface area contributed by atoms with Crippen molar-refractivity contribution in [1.82, 2.24) is 0 Å². The Morgan fingerprint density at radius 2 is 1.06 bits per heavy atom. The Morgan fingerprint density at radius 1 is 0.750 bits per heavy atom. The van der Waals surface area contributed by atoms with E-state index in [1.807, 2.05) is 27.7 Å². The van der Waals surface area contributed by atoms with Crippen LogP contribution in [0.1, 0.15) is 49.9 Å². The van der Waals surface area contributed by atoms with Crippen LogP contribution in [0, 0.1) is 37.5 Å². The third kappa shape index (κ3) is 3.84. The first-order valence-electron chi connectivity index (χ1n) is 5.65. The van der Waals surface area contributed by atoms with Gasteiger partial charge in [-0.2, -0.15) is 0 Å². The summed E-state index contributed by atoms with van der Waals surface area (Å²) in [6, 6.07) is 4.21. The van der Waals surface area contributed by atoms with Gasteiger partial charge in [0.1, 0.15) is 0 Å². The summed E-state index contributed by atoms with van der Waals surface area (Å²) in [5.41, 5.74) is 4.60. The molecule has 0 saturated heterocycles. The van der Waals surface area contributed by atoms with Crippen molar-refractivity contribution in [3.05, 3.63) is 34.4 Å². The van der Waals surface area contributed by atoms with Crippen LogP contribution in [0.4, 0.5) is 0 Å². The molecule has 0 N–H and O–H groups in total. The maximum atomic E-state index is 3.09. The third-order valence-electron chi connectivity index (χ3n) is 2.09. The van der Waals surface area contributed by atoms with Gasteiger partial charge in [-0.25, -0.2) is 0 Å². The average molecular weight is 212 g/mol. The molecular weight excluding hydrogens is 192 g/mol. The Balaban J connectivity index is 0.00000106. The molecule has 0 bridgehead atoms. The van der Waals surface area contributed by atoms with E-state index in [-0.39, 0.29) is 0 Å². The van der Waals surface area contributed by atoms with Crippen molar-refractivity contribution in [2.24, 2.45) is 0 Å². The predicted molar refractivity (Wildman–Crippen MR) is 72.4 cm³/mol. The van der Waals surface area contributed by atoms with Gasteiger partial charge in [-0.1, -0.05) is 25.7 Å². The summed E-state index contributed by atoms with van der Waals surface area (Å²) in [4.78, 5) is 0. The minimum Gasteiger partial charge on any atom is -0.101 e. The summed E-state index contributed by atoms with van der Waals surface area (Å²) in [5, 5.41) is 0. The second-order valence-corrected chi connectivity index (χ2v) is 3.23. The van der Waals surface area contributed by atoms with Crippen molar-refractivity contribution in [3.8, 4) is 23.7 Å². The summed E-state index contributed by atoms with van der Waals surface area (Å²) >= 11 is 0. The number of hydrogen-bond donors (Lipinski definition) is 0. The predicted octanol–water partition coefficient (Wildman–Crippen LogP) is 4.07. The van der Waals surface area contributed by atoms with Crippen LogP contribution < -0.4 is 0 Å². The molecule has 0 aromatic heterocycles. The zero-order valence-corrected chi connectivity index (χ0v) is 11.2. The SMILES string of the molecule is CC.CC#Cc1cc(C)c(C#CC)cc1C. The van der Waals surface area contributed by atoms with Gasteiger partial charge in [0.05, 0.1) is 0 Å². The molecule has 0 fully saturated rings. The molecule has 0 aliphatic carbocycles. The van der Waals surface area contributed by atoms with Crippen molar-refractivity contribution >= 4 is 0 Å². The van der Waals surface area contributed by atoms with Crippen molar-refractivity contribution in [1.29, 1.82) is 0 Å². The molecule has 1 aromatic rings. The van der Waals surface area contributed by atoms with Crippen LogP contribution in [0.3, 0.4) is 0 Å². The maximum absolute atomic E-state index is 3.09. The van der Waals surface area contributed by atoms with E-state index < -0.39 is 0 Å². The molecule has 0 radical (unpaired) electrons. The van der Waals surface area contributed by atoms with Gasteiger partial charge in [0.2, 0.25) is 0 Å². The smallest absolute Gasteiger partial charge is 0.0277 e. The fraction of sp³-hybridized carbons (Fsp3) is 0.375. The first kappa shape index (κ1) is 14.3. The molecule has 0 heteroatoms. The van der Waals surface area contributed by atoms with E-state index in [4.69, 9.17) is 0 Å². The normalized spacial score (nSPS) is 7.62. The van der Waals surface area contributed by atoms with Crippen LogP contribution in [0.25, 0.3) is 0 Å². The van der Waals surface area contributed by atoms with Crippen LogP contribution in [-0.4, -0.2) is 0 Å². The minimum absolute atomic E-state index is 1.10. The van der Waals surface area contributed by atoms with Crippen LogP contribution in [-0.2, 0) is 0 Å². The fourth-order valence-corrected chi connectivity index (χ4v) is 1.35. The van der Waals surface area contributed by atoms with Crippen molar-refractivity contribution in [2.75, 3.05) is 0 Å². The molecule has 0 spiro atoms. The fourth-order valence-electron chi connectivity index (χ4n) is 1.35. The zero-order valence-electron chi connectivity index (χ0n) is 11.2. The number of hydrogen-bond acceptors (Lipinski definition) is 0. The molecule has 0 nitrogen and oxygen atoms in total. The van der Waals surface area contributed by atoms with E-state index in [2.05, 4.69) is 49.7 Å². The molecule has 0 saturated carbocycles. The molecule has 1 aromatic carbocycles. The van der Waals surface area contributed by atoms with Crippen molar-refractivity contribution in [2.45, 2.75) is 41.5 Å². The van der Waals surface area contributed by atoms with E-state index in [1.165, 1.54) is 11.1 Å². The Morgan fingerprint density at radius 3 is 1.31 bits per heavy atom. The highest BCUT2D eigenvalue weighted by molar-refractivity contribution is 5.51. The standard InChI is InChI=1S/C14H14.C2H6/c1-5-7-13-9-12(4)14(8-6-2)10-11(13)3;1-2/h9-10H,1-4H3;1-2H3. The molecule has 0 heterocycles. The summed E-state index contributed by atoms with van der Waals surface area (Å²) in [6.45, 7) is 11.9. The lowest BCUT2D eigenvalue weighted by Crippen LogP contribution is -1.89. The van der Waals surface area contributed by atoms with Crippen molar-refractivity contribution in [3.63, 3.8) is 0 Å². The summed E-state index contributed by atoms with van der Waals surface area (Å²) in [7, 11) is 0. The first-order chi connectivity index (χ1) is 7.69. The van der Waals surface area contributed by atoms with Crippen LogP contribution in [0.5, 0.6) is 0 Å². The topological polar surface area (TPSA) is 0 Å². The minimum atomic E-state index is 1.10. The Kier molecular flexibility index (Phi) is 6.82. The summed E-state index contributed by atoms with van der Waals surface area (Å²) < 4.78 is 0. The van der Waals surface area contributed by atoms with Gasteiger partial charge >= 0.3 is 0 Å². The van der Waals surface area contributed by atoms with E-state index in [0.717, 1.165) is 11.1 Å². The van der Waals surface area contributed by atoms with Gasteiger partial charge in [0.25, 0.3) is 0 Å². The molecule has 0 amide bonds. The number of aryl methyl sites for hydroxylation is 2. The van der Waals surface area contributed by atoms with Gasteiger partial charge in [0.15, 0.2) is 0 Å². The quantitative estimate of drug-likeness (QED) is 0.569. The summed E-state index contributed by atoms with van der Waals surface area (Å²) in [6.07, 6.45) is 0. The molecular formula is C16H20. The second-order valence-electron chi connectivity index (χ2n) is 3.23. The monoisotopic (exact) mass is 212 g/mol. The highest BCUT2D eigenvalue weighted by Crippen LogP contribution is 2.14. The lowest BCUT2D eigenvalue weighted by atomic mass is 10.0. The molecule has 16 heavy (non-hydrogen) atoms. The molecule has 0 unspecified atom stereocenters. The number of rotatable bonds is 0. The van der Waals surface area contributed by atoms with E-state index in [0.29, 0.717) is 0 Å². The average Bonchev–Trinajstić information content (AvgIpc) is 2.29. The highest BCUT2D eigenvalue weighted by atomic mass is 14.0. The Hall–Kier alpha value is -1.66. The van der Waals surface area contributed by atoms with Gasteiger partial charge in [0, 0.05) is 11.1 Å². The van der Waals surface area contributed by atoms with E-state index >= 15 is 0 Å². The Labute approximate surface area is 100 Å². The molecule has 0 aliphatic heterocycles. The van der Waals surface area contributed by atoms with Gasteiger partial charge in [-0.05, 0) is 51.0 Å².